The molecule has 0 spiro atoms. The van der Waals surface area contributed by atoms with Crippen molar-refractivity contribution < 1.29 is 0 Å². The molecule has 0 amide bonds. The number of anilines is 1. The molecule has 4 nitrogen and oxygen atoms in total. The Bertz CT molecular complexity index is 557. The van der Waals surface area contributed by atoms with Crippen LogP contribution in [0.15, 0.2) is 18.5 Å². The Hall–Kier alpha value is -1.84. The van der Waals surface area contributed by atoms with Crippen molar-refractivity contribution in [3.63, 3.8) is 0 Å². The van der Waals surface area contributed by atoms with Gasteiger partial charge in [-0.15, -0.1) is 0 Å². The van der Waals surface area contributed by atoms with E-state index in [0.29, 0.717) is 0 Å². The summed E-state index contributed by atoms with van der Waals surface area (Å²) in [6.07, 6.45) is 6.57. The molecule has 0 bridgehead atoms. The van der Waals surface area contributed by atoms with Crippen molar-refractivity contribution >= 4 is 5.69 Å². The molecule has 0 unspecified atom stereocenters. The van der Waals surface area contributed by atoms with E-state index in [4.69, 9.17) is 5.73 Å². The monoisotopic (exact) mass is 228 g/mol. The van der Waals surface area contributed by atoms with Gasteiger partial charge in [-0.3, -0.25) is 4.57 Å². The van der Waals surface area contributed by atoms with Gasteiger partial charge in [0.25, 0.3) is 0 Å². The van der Waals surface area contributed by atoms with E-state index < -0.39 is 0 Å². The Morgan fingerprint density at radius 1 is 1.24 bits per heavy atom. The third kappa shape index (κ3) is 1.69. The summed E-state index contributed by atoms with van der Waals surface area (Å²) in [6.45, 7) is 1.93. The van der Waals surface area contributed by atoms with Gasteiger partial charge < -0.3 is 5.73 Å². The summed E-state index contributed by atoms with van der Waals surface area (Å²) in [5.41, 5.74) is 9.95. The van der Waals surface area contributed by atoms with E-state index in [1.807, 2.05) is 25.4 Å². The van der Waals surface area contributed by atoms with E-state index in [1.54, 1.807) is 0 Å². The van der Waals surface area contributed by atoms with Gasteiger partial charge in [0.1, 0.15) is 12.1 Å². The number of nitrogens with two attached hydrogens (primary N) is 1. The van der Waals surface area contributed by atoms with Gasteiger partial charge in [-0.25, -0.2) is 9.97 Å². The second-order valence-electron chi connectivity index (χ2n) is 4.56. The summed E-state index contributed by atoms with van der Waals surface area (Å²) in [5, 5.41) is 0. The van der Waals surface area contributed by atoms with Gasteiger partial charge in [-0.2, -0.15) is 0 Å². The molecule has 2 aromatic rings. The van der Waals surface area contributed by atoms with E-state index >= 15 is 0 Å². The number of hydrogen-bond acceptors (Lipinski definition) is 3. The minimum Gasteiger partial charge on any atom is -0.397 e. The molecule has 4 heteroatoms. The van der Waals surface area contributed by atoms with Crippen LogP contribution in [-0.4, -0.2) is 14.5 Å². The molecule has 17 heavy (non-hydrogen) atoms. The van der Waals surface area contributed by atoms with Crippen molar-refractivity contribution in [2.45, 2.75) is 32.6 Å². The lowest BCUT2D eigenvalue weighted by atomic mass is 10.0. The molecule has 1 aliphatic rings. The predicted octanol–water partition coefficient (Wildman–Crippen LogP) is 2.04. The Morgan fingerprint density at radius 2 is 2.06 bits per heavy atom. The Kier molecular flexibility index (Phi) is 2.35. The van der Waals surface area contributed by atoms with Crippen LogP contribution in [0.5, 0.6) is 0 Å². The topological polar surface area (TPSA) is 56.7 Å². The first-order chi connectivity index (χ1) is 8.25. The second-order valence-corrected chi connectivity index (χ2v) is 4.56. The number of rotatable bonds is 1. The molecule has 88 valence electrons. The van der Waals surface area contributed by atoms with E-state index in [0.717, 1.165) is 30.0 Å². The van der Waals surface area contributed by atoms with Crippen LogP contribution < -0.4 is 5.73 Å². The van der Waals surface area contributed by atoms with Crippen molar-refractivity contribution in [1.82, 2.24) is 14.5 Å². The first-order valence-electron chi connectivity index (χ1n) is 6.04. The van der Waals surface area contributed by atoms with Crippen molar-refractivity contribution in [2.24, 2.45) is 0 Å². The average molecular weight is 228 g/mol. The normalized spacial score (nSPS) is 14.6. The summed E-state index contributed by atoms with van der Waals surface area (Å²) in [7, 11) is 0. The Balaban J connectivity index is 2.09. The lowest BCUT2D eigenvalue weighted by Crippen LogP contribution is -2.08. The molecule has 2 aromatic heterocycles. The fourth-order valence-electron chi connectivity index (χ4n) is 2.36. The third-order valence-corrected chi connectivity index (χ3v) is 3.39. The molecular weight excluding hydrogens is 212 g/mol. The summed E-state index contributed by atoms with van der Waals surface area (Å²) >= 11 is 0. The fraction of sp³-hybridized carbons (Fsp3) is 0.385. The maximum atomic E-state index is 5.79. The van der Waals surface area contributed by atoms with Crippen molar-refractivity contribution in [2.75, 3.05) is 5.73 Å². The summed E-state index contributed by atoms with van der Waals surface area (Å²) in [5.74, 6) is 0.923. The largest absolute Gasteiger partial charge is 0.397 e. The highest BCUT2D eigenvalue weighted by molar-refractivity contribution is 5.46. The van der Waals surface area contributed by atoms with Gasteiger partial charge in [0.2, 0.25) is 0 Å². The molecule has 0 saturated heterocycles. The smallest absolute Gasteiger partial charge is 0.138 e. The highest BCUT2D eigenvalue weighted by Gasteiger charge is 2.16. The van der Waals surface area contributed by atoms with Crippen LogP contribution >= 0.6 is 0 Å². The van der Waals surface area contributed by atoms with Crippen LogP contribution in [0.25, 0.3) is 5.82 Å². The van der Waals surface area contributed by atoms with E-state index in [9.17, 15) is 0 Å². The molecule has 0 fully saturated rings. The highest BCUT2D eigenvalue weighted by atomic mass is 15.1. The number of pyridine rings is 1. The zero-order valence-electron chi connectivity index (χ0n) is 9.98. The van der Waals surface area contributed by atoms with Crippen LogP contribution in [-0.2, 0) is 12.8 Å². The minimum atomic E-state index is 0.739. The summed E-state index contributed by atoms with van der Waals surface area (Å²) in [6, 6.07) is 3.87. The van der Waals surface area contributed by atoms with Crippen molar-refractivity contribution in [1.29, 1.82) is 0 Å². The van der Waals surface area contributed by atoms with Crippen LogP contribution in [0.1, 0.15) is 29.9 Å². The maximum Gasteiger partial charge on any atom is 0.138 e. The van der Waals surface area contributed by atoms with Crippen LogP contribution in [0.3, 0.4) is 0 Å². The van der Waals surface area contributed by atoms with E-state index in [1.165, 1.54) is 24.2 Å². The van der Waals surface area contributed by atoms with Crippen molar-refractivity contribution in [3.8, 4) is 5.82 Å². The Morgan fingerprint density at radius 3 is 2.88 bits per heavy atom. The number of fused-ring (bicyclic) bond motifs is 1. The quantitative estimate of drug-likeness (QED) is 0.812. The number of nitrogens with zero attached hydrogens (tertiary/aromatic N) is 3. The zero-order valence-corrected chi connectivity index (χ0v) is 9.98. The fourth-order valence-corrected chi connectivity index (χ4v) is 2.36. The van der Waals surface area contributed by atoms with Gasteiger partial charge in [-0.05, 0) is 44.7 Å². The van der Waals surface area contributed by atoms with E-state index in [2.05, 4.69) is 14.5 Å². The molecule has 1 aliphatic carbocycles. The molecule has 2 heterocycles. The van der Waals surface area contributed by atoms with Gasteiger partial charge in [-0.1, -0.05) is 0 Å². The van der Waals surface area contributed by atoms with Crippen molar-refractivity contribution in [3.05, 3.63) is 35.5 Å². The lowest BCUT2D eigenvalue weighted by molar-refractivity contribution is 0.654. The standard InChI is InChI=1S/C13H16N4/c1-9-10(14)6-7-13(16-9)17-8-15-11-4-2-3-5-12(11)17/h6-8H,2-5,14H2,1H3. The predicted molar refractivity (Wildman–Crippen MR) is 67.2 cm³/mol. The third-order valence-electron chi connectivity index (χ3n) is 3.39. The maximum absolute atomic E-state index is 5.79. The molecule has 2 N–H and O–H groups in total. The first kappa shape index (κ1) is 10.3. The number of aryl methyl sites for hydroxylation is 2. The van der Waals surface area contributed by atoms with Crippen LogP contribution in [0.4, 0.5) is 5.69 Å². The molecule has 0 atom stereocenters. The number of aromatic nitrogens is 3. The molecule has 0 aromatic carbocycles. The number of nitrogen functional groups attached to an aromatic ring is 1. The van der Waals surface area contributed by atoms with Gasteiger partial charge >= 0.3 is 0 Å². The van der Waals surface area contributed by atoms with E-state index in [-0.39, 0.29) is 0 Å². The Labute approximate surface area is 101 Å². The van der Waals surface area contributed by atoms with Crippen LogP contribution in [0.2, 0.25) is 0 Å². The highest BCUT2D eigenvalue weighted by Crippen LogP contribution is 2.23. The zero-order chi connectivity index (χ0) is 11.8. The average Bonchev–Trinajstić information content (AvgIpc) is 2.76. The second kappa shape index (κ2) is 3.87. The minimum absolute atomic E-state index is 0.739. The molecule has 0 radical (unpaired) electrons. The van der Waals surface area contributed by atoms with Gasteiger partial charge in [0, 0.05) is 5.69 Å². The lowest BCUT2D eigenvalue weighted by Gasteiger charge is -2.14. The summed E-state index contributed by atoms with van der Waals surface area (Å²) < 4.78 is 2.10. The number of hydrogen-bond donors (Lipinski definition) is 1. The first-order valence-corrected chi connectivity index (χ1v) is 6.04. The SMILES string of the molecule is Cc1nc(-n2cnc3c2CCCC3)ccc1N. The molecule has 0 saturated carbocycles. The molecular formula is C13H16N4. The molecule has 0 aliphatic heterocycles. The number of imidazole rings is 1. The summed E-state index contributed by atoms with van der Waals surface area (Å²) in [4.78, 5) is 9.00. The van der Waals surface area contributed by atoms with Gasteiger partial charge in [0.05, 0.1) is 17.1 Å². The molecule has 3 rings (SSSR count). The van der Waals surface area contributed by atoms with Crippen LogP contribution in [0, 0.1) is 6.92 Å². The van der Waals surface area contributed by atoms with Gasteiger partial charge in [0.15, 0.2) is 0 Å².